The number of aliphatic hydroxyl groups is 1. The number of thiophene rings is 1. The van der Waals surface area contributed by atoms with Crippen molar-refractivity contribution in [2.75, 3.05) is 12.3 Å². The van der Waals surface area contributed by atoms with Crippen molar-refractivity contribution in [1.29, 1.82) is 0 Å². The minimum Gasteiger partial charge on any atom is -0.390 e. The van der Waals surface area contributed by atoms with Crippen LogP contribution >= 0.6 is 11.3 Å². The molecule has 3 N–H and O–H groups in total. The van der Waals surface area contributed by atoms with Crippen LogP contribution in [0.5, 0.6) is 0 Å². The summed E-state index contributed by atoms with van der Waals surface area (Å²) in [5, 5.41) is 10.1. The van der Waals surface area contributed by atoms with Gasteiger partial charge in [0, 0.05) is 17.0 Å². The normalized spacial score (nSPS) is 13.2. The molecule has 0 amide bonds. The van der Waals surface area contributed by atoms with Crippen LogP contribution in [0.25, 0.3) is 0 Å². The summed E-state index contributed by atoms with van der Waals surface area (Å²) in [4.78, 5) is 1.08. The average molecular weight is 187 g/mol. The van der Waals surface area contributed by atoms with Gasteiger partial charge < -0.3 is 15.6 Å². The topological polar surface area (TPSA) is 55.5 Å². The van der Waals surface area contributed by atoms with Gasteiger partial charge in [-0.2, -0.15) is 0 Å². The molecule has 0 fully saturated rings. The molecule has 4 heteroatoms. The lowest BCUT2D eigenvalue weighted by Crippen LogP contribution is -2.03. The summed E-state index contributed by atoms with van der Waals surface area (Å²) in [7, 11) is 0. The molecule has 0 aliphatic rings. The summed E-state index contributed by atoms with van der Waals surface area (Å²) in [5.41, 5.74) is 6.33. The van der Waals surface area contributed by atoms with E-state index >= 15 is 0 Å². The van der Waals surface area contributed by atoms with E-state index < -0.39 is 6.29 Å². The molecule has 0 saturated heterocycles. The van der Waals surface area contributed by atoms with Crippen molar-refractivity contribution in [3.8, 4) is 0 Å². The van der Waals surface area contributed by atoms with E-state index in [1.54, 1.807) is 0 Å². The van der Waals surface area contributed by atoms with Crippen LogP contribution in [0.3, 0.4) is 0 Å². The second-order valence-corrected chi connectivity index (χ2v) is 3.77. The minimum absolute atomic E-state index is 0.482. The molecule has 0 saturated carbocycles. The average Bonchev–Trinajstić information content (AvgIpc) is 2.30. The van der Waals surface area contributed by atoms with E-state index in [1.165, 1.54) is 11.3 Å². The SMILES string of the molecule is CCOC(O)c1cc(C)sc1N. The van der Waals surface area contributed by atoms with E-state index in [0.717, 1.165) is 4.88 Å². The van der Waals surface area contributed by atoms with Crippen LogP contribution in [-0.2, 0) is 4.74 Å². The third kappa shape index (κ3) is 1.97. The Morgan fingerprint density at radius 3 is 2.83 bits per heavy atom. The first-order valence-corrected chi connectivity index (χ1v) is 4.62. The van der Waals surface area contributed by atoms with E-state index in [9.17, 15) is 5.11 Å². The molecule has 68 valence electrons. The fourth-order valence-electron chi connectivity index (χ4n) is 0.993. The Morgan fingerprint density at radius 2 is 2.42 bits per heavy atom. The number of nitrogens with two attached hydrogens (primary N) is 1. The van der Waals surface area contributed by atoms with Crippen LogP contribution in [0, 0.1) is 6.92 Å². The number of rotatable bonds is 3. The molecule has 0 aromatic carbocycles. The molecule has 1 aromatic heterocycles. The Morgan fingerprint density at radius 1 is 1.75 bits per heavy atom. The first-order valence-electron chi connectivity index (χ1n) is 3.80. The second-order valence-electron chi connectivity index (χ2n) is 2.48. The standard InChI is InChI=1S/C8H13NO2S/c1-3-11-8(10)6-4-5(2)12-7(6)9/h4,8,10H,3,9H2,1-2H3. The molecule has 1 atom stereocenters. The Balaban J connectivity index is 2.79. The zero-order valence-corrected chi connectivity index (χ0v) is 8.02. The third-order valence-corrected chi connectivity index (χ3v) is 2.40. The van der Waals surface area contributed by atoms with Gasteiger partial charge in [-0.05, 0) is 19.9 Å². The number of aryl methyl sites for hydroxylation is 1. The van der Waals surface area contributed by atoms with Gasteiger partial charge in [0.1, 0.15) is 0 Å². The van der Waals surface area contributed by atoms with E-state index in [4.69, 9.17) is 10.5 Å². The van der Waals surface area contributed by atoms with E-state index in [0.29, 0.717) is 17.2 Å². The van der Waals surface area contributed by atoms with Crippen LogP contribution in [-0.4, -0.2) is 11.7 Å². The number of aliphatic hydroxyl groups excluding tert-OH is 1. The van der Waals surface area contributed by atoms with Crippen molar-refractivity contribution in [3.05, 3.63) is 16.5 Å². The zero-order chi connectivity index (χ0) is 9.14. The zero-order valence-electron chi connectivity index (χ0n) is 7.20. The molecular formula is C8H13NO2S. The maximum atomic E-state index is 9.42. The predicted molar refractivity (Wildman–Crippen MR) is 50.1 cm³/mol. The van der Waals surface area contributed by atoms with Gasteiger partial charge in [0.05, 0.1) is 5.00 Å². The number of ether oxygens (including phenoxy) is 1. The molecule has 12 heavy (non-hydrogen) atoms. The summed E-state index contributed by atoms with van der Waals surface area (Å²) in [6.07, 6.45) is -0.875. The lowest BCUT2D eigenvalue weighted by Gasteiger charge is -2.08. The van der Waals surface area contributed by atoms with Crippen LogP contribution in [0.2, 0.25) is 0 Å². The number of nitrogen functional groups attached to an aromatic ring is 1. The molecule has 0 spiro atoms. The quantitative estimate of drug-likeness (QED) is 0.708. The van der Waals surface area contributed by atoms with Crippen molar-refractivity contribution >= 4 is 16.3 Å². The van der Waals surface area contributed by atoms with Gasteiger partial charge in [0.15, 0.2) is 6.29 Å². The van der Waals surface area contributed by atoms with Gasteiger partial charge in [-0.1, -0.05) is 0 Å². The highest BCUT2D eigenvalue weighted by atomic mass is 32.1. The van der Waals surface area contributed by atoms with Crippen molar-refractivity contribution < 1.29 is 9.84 Å². The molecule has 0 radical (unpaired) electrons. The van der Waals surface area contributed by atoms with Gasteiger partial charge >= 0.3 is 0 Å². The molecule has 0 bridgehead atoms. The summed E-state index contributed by atoms with van der Waals surface area (Å²) in [6, 6.07) is 1.85. The lowest BCUT2D eigenvalue weighted by atomic mass is 10.3. The van der Waals surface area contributed by atoms with E-state index in [-0.39, 0.29) is 0 Å². The van der Waals surface area contributed by atoms with Crippen LogP contribution in [0.1, 0.15) is 23.7 Å². The van der Waals surface area contributed by atoms with Crippen LogP contribution in [0.15, 0.2) is 6.07 Å². The molecule has 1 heterocycles. The van der Waals surface area contributed by atoms with Crippen molar-refractivity contribution in [2.24, 2.45) is 0 Å². The lowest BCUT2D eigenvalue weighted by molar-refractivity contribution is -0.0972. The molecular weight excluding hydrogens is 174 g/mol. The Labute approximate surface area is 75.8 Å². The van der Waals surface area contributed by atoms with Gasteiger partial charge in [-0.15, -0.1) is 11.3 Å². The number of anilines is 1. The number of hydrogen-bond donors (Lipinski definition) is 2. The fraction of sp³-hybridized carbons (Fsp3) is 0.500. The summed E-state index contributed by atoms with van der Waals surface area (Å²) >= 11 is 1.46. The maximum absolute atomic E-state index is 9.42. The van der Waals surface area contributed by atoms with Gasteiger partial charge in [0.2, 0.25) is 0 Å². The van der Waals surface area contributed by atoms with Gasteiger partial charge in [-0.3, -0.25) is 0 Å². The fourth-order valence-corrected chi connectivity index (χ4v) is 1.80. The number of hydrogen-bond acceptors (Lipinski definition) is 4. The first kappa shape index (κ1) is 9.51. The second kappa shape index (κ2) is 3.89. The van der Waals surface area contributed by atoms with Crippen LogP contribution < -0.4 is 5.73 Å². The highest BCUT2D eigenvalue weighted by Gasteiger charge is 2.12. The van der Waals surface area contributed by atoms with Crippen molar-refractivity contribution in [2.45, 2.75) is 20.1 Å². The maximum Gasteiger partial charge on any atom is 0.184 e. The van der Waals surface area contributed by atoms with E-state index in [1.807, 2.05) is 19.9 Å². The first-order chi connectivity index (χ1) is 5.65. The molecule has 3 nitrogen and oxygen atoms in total. The Hall–Kier alpha value is -0.580. The highest BCUT2D eigenvalue weighted by molar-refractivity contribution is 7.16. The summed E-state index contributed by atoms with van der Waals surface area (Å²) in [6.45, 7) is 4.26. The molecule has 1 aromatic rings. The molecule has 1 unspecified atom stereocenters. The highest BCUT2D eigenvalue weighted by Crippen LogP contribution is 2.29. The molecule has 0 aliphatic heterocycles. The summed E-state index contributed by atoms with van der Waals surface area (Å²) < 4.78 is 5.00. The molecule has 0 aliphatic carbocycles. The Bertz CT molecular complexity index is 260. The predicted octanol–water partition coefficient (Wildman–Crippen LogP) is 1.67. The van der Waals surface area contributed by atoms with Crippen LogP contribution in [0.4, 0.5) is 5.00 Å². The smallest absolute Gasteiger partial charge is 0.184 e. The van der Waals surface area contributed by atoms with Crippen molar-refractivity contribution in [3.63, 3.8) is 0 Å². The van der Waals surface area contributed by atoms with Gasteiger partial charge in [0.25, 0.3) is 0 Å². The monoisotopic (exact) mass is 187 g/mol. The minimum atomic E-state index is -0.875. The van der Waals surface area contributed by atoms with Crippen molar-refractivity contribution in [1.82, 2.24) is 0 Å². The van der Waals surface area contributed by atoms with Gasteiger partial charge in [-0.25, -0.2) is 0 Å². The third-order valence-electron chi connectivity index (χ3n) is 1.50. The largest absolute Gasteiger partial charge is 0.390 e. The summed E-state index contributed by atoms with van der Waals surface area (Å²) in [5.74, 6) is 0. The Kier molecular flexibility index (Phi) is 3.08. The van der Waals surface area contributed by atoms with E-state index in [2.05, 4.69) is 0 Å². The molecule has 1 rings (SSSR count).